The quantitative estimate of drug-likeness (QED) is 0.344. The van der Waals surface area contributed by atoms with Crippen molar-refractivity contribution in [3.63, 3.8) is 0 Å². The van der Waals surface area contributed by atoms with E-state index < -0.39 is 0 Å². The van der Waals surface area contributed by atoms with Gasteiger partial charge in [0.1, 0.15) is 0 Å². The highest BCUT2D eigenvalue weighted by Crippen LogP contribution is 2.49. The molecule has 1 heterocycles. The van der Waals surface area contributed by atoms with Crippen molar-refractivity contribution < 1.29 is 0 Å². The molecule has 2 N–H and O–H groups in total. The summed E-state index contributed by atoms with van der Waals surface area (Å²) in [6.45, 7) is 4.40. The molecule has 6 heteroatoms. The molecule has 1 aromatic carbocycles. The second-order valence-electron chi connectivity index (χ2n) is 6.13. The van der Waals surface area contributed by atoms with Crippen LogP contribution in [0.15, 0.2) is 58.1 Å². The van der Waals surface area contributed by atoms with Crippen molar-refractivity contribution in [2.45, 2.75) is 31.7 Å². The second-order valence-corrected chi connectivity index (χ2v) is 6.98. The summed E-state index contributed by atoms with van der Waals surface area (Å²) in [4.78, 5) is 8.97. The van der Waals surface area contributed by atoms with Gasteiger partial charge in [-0.1, -0.05) is 40.2 Å². The van der Waals surface area contributed by atoms with E-state index >= 15 is 0 Å². The van der Waals surface area contributed by atoms with Crippen LogP contribution in [-0.2, 0) is 12.0 Å². The number of halogens is 2. The van der Waals surface area contributed by atoms with Crippen molar-refractivity contribution >= 4 is 45.9 Å². The first-order valence-electron chi connectivity index (χ1n) is 8.41. The van der Waals surface area contributed by atoms with Gasteiger partial charge in [-0.15, -0.1) is 24.0 Å². The Morgan fingerprint density at radius 2 is 1.92 bits per heavy atom. The van der Waals surface area contributed by atoms with E-state index in [1.165, 1.54) is 22.9 Å². The van der Waals surface area contributed by atoms with Gasteiger partial charge in [-0.2, -0.15) is 0 Å². The van der Waals surface area contributed by atoms with E-state index in [1.807, 2.05) is 18.2 Å². The van der Waals surface area contributed by atoms with Crippen LogP contribution >= 0.6 is 39.9 Å². The second kappa shape index (κ2) is 9.52. The molecule has 0 amide bonds. The largest absolute Gasteiger partial charge is 0.357 e. The molecule has 1 fully saturated rings. The van der Waals surface area contributed by atoms with Gasteiger partial charge in [-0.3, -0.25) is 4.98 Å². The maximum Gasteiger partial charge on any atom is 0.191 e. The Bertz CT molecular complexity index is 702. The van der Waals surface area contributed by atoms with E-state index in [0.717, 1.165) is 24.7 Å². The summed E-state index contributed by atoms with van der Waals surface area (Å²) in [7, 11) is 0. The normalized spacial score (nSPS) is 15.2. The van der Waals surface area contributed by atoms with Crippen LogP contribution in [0.2, 0.25) is 0 Å². The zero-order valence-corrected chi connectivity index (χ0v) is 18.3. The van der Waals surface area contributed by atoms with Crippen LogP contribution in [0.4, 0.5) is 0 Å². The standard InChI is InChI=1S/C19H23BrN4.HI/c1-2-21-18(23-13-15-7-5-6-12-22-15)24-14-19(10-11-19)16-8-3-4-9-17(16)20;/h3-9,12H,2,10-11,13-14H2,1H3,(H2,21,23,24);1H. The number of aliphatic imine (C=N–C) groups is 1. The fraction of sp³-hybridized carbons (Fsp3) is 0.368. The average Bonchev–Trinajstić information content (AvgIpc) is 3.40. The van der Waals surface area contributed by atoms with E-state index in [2.05, 4.69) is 67.7 Å². The maximum atomic E-state index is 4.65. The minimum atomic E-state index is 0. The molecule has 25 heavy (non-hydrogen) atoms. The molecule has 1 aromatic heterocycles. The number of pyridine rings is 1. The number of aromatic nitrogens is 1. The predicted octanol–water partition coefficient (Wildman–Crippen LogP) is 4.25. The Morgan fingerprint density at radius 3 is 2.56 bits per heavy atom. The van der Waals surface area contributed by atoms with Crippen LogP contribution < -0.4 is 10.6 Å². The third-order valence-electron chi connectivity index (χ3n) is 4.36. The van der Waals surface area contributed by atoms with Crippen molar-refractivity contribution in [1.29, 1.82) is 0 Å². The average molecular weight is 515 g/mol. The Hall–Kier alpha value is -1.15. The summed E-state index contributed by atoms with van der Waals surface area (Å²) < 4.78 is 1.19. The number of benzene rings is 1. The molecule has 0 radical (unpaired) electrons. The van der Waals surface area contributed by atoms with Gasteiger partial charge in [0, 0.05) is 29.2 Å². The van der Waals surface area contributed by atoms with Crippen molar-refractivity contribution in [2.24, 2.45) is 4.99 Å². The van der Waals surface area contributed by atoms with Gasteiger partial charge in [0.25, 0.3) is 0 Å². The van der Waals surface area contributed by atoms with Crippen molar-refractivity contribution in [3.05, 3.63) is 64.4 Å². The number of guanidine groups is 1. The first kappa shape index (κ1) is 20.2. The molecule has 2 aromatic rings. The van der Waals surface area contributed by atoms with Crippen molar-refractivity contribution in [3.8, 4) is 0 Å². The molecular formula is C19H24BrIN4. The molecule has 0 saturated heterocycles. The fourth-order valence-corrected chi connectivity index (χ4v) is 3.54. The molecule has 1 aliphatic carbocycles. The van der Waals surface area contributed by atoms with E-state index in [0.29, 0.717) is 6.54 Å². The maximum absolute atomic E-state index is 4.65. The first-order valence-corrected chi connectivity index (χ1v) is 9.20. The molecule has 0 bridgehead atoms. The van der Waals surface area contributed by atoms with Gasteiger partial charge in [0.2, 0.25) is 0 Å². The zero-order valence-electron chi connectivity index (χ0n) is 14.3. The molecule has 134 valence electrons. The van der Waals surface area contributed by atoms with Gasteiger partial charge in [-0.05, 0) is 43.5 Å². The number of nitrogens with zero attached hydrogens (tertiary/aromatic N) is 2. The highest BCUT2D eigenvalue weighted by atomic mass is 127. The number of nitrogens with one attached hydrogen (secondary N) is 2. The lowest BCUT2D eigenvalue weighted by Gasteiger charge is -2.20. The lowest BCUT2D eigenvalue weighted by Crippen LogP contribution is -2.41. The summed E-state index contributed by atoms with van der Waals surface area (Å²) in [6.07, 6.45) is 4.22. The third-order valence-corrected chi connectivity index (χ3v) is 5.05. The van der Waals surface area contributed by atoms with Crippen molar-refractivity contribution in [2.75, 3.05) is 13.1 Å². The minimum absolute atomic E-state index is 0. The molecule has 0 atom stereocenters. The Balaban J connectivity index is 0.00000225. The summed E-state index contributed by atoms with van der Waals surface area (Å²) in [6, 6.07) is 14.4. The SMILES string of the molecule is CCNC(=NCc1ccccn1)NCC1(c2ccccc2Br)CC1.I. The molecule has 1 aliphatic rings. The summed E-state index contributed by atoms with van der Waals surface area (Å²) >= 11 is 3.69. The lowest BCUT2D eigenvalue weighted by atomic mass is 9.96. The summed E-state index contributed by atoms with van der Waals surface area (Å²) in [5, 5.41) is 6.83. The van der Waals surface area contributed by atoms with Gasteiger partial charge in [0.15, 0.2) is 5.96 Å². The van der Waals surface area contributed by atoms with Crippen LogP contribution in [0.1, 0.15) is 31.0 Å². The Labute approximate surface area is 175 Å². The van der Waals surface area contributed by atoms with Gasteiger partial charge >= 0.3 is 0 Å². The number of rotatable bonds is 6. The van der Waals surface area contributed by atoms with Crippen LogP contribution in [0.25, 0.3) is 0 Å². The zero-order chi connectivity index (χ0) is 16.8. The summed E-state index contributed by atoms with van der Waals surface area (Å²) in [5.74, 6) is 0.849. The van der Waals surface area contributed by atoms with Crippen LogP contribution in [-0.4, -0.2) is 24.0 Å². The minimum Gasteiger partial charge on any atom is -0.357 e. The molecule has 4 nitrogen and oxygen atoms in total. The molecule has 3 rings (SSSR count). The Morgan fingerprint density at radius 1 is 1.16 bits per heavy atom. The smallest absolute Gasteiger partial charge is 0.191 e. The number of hydrogen-bond acceptors (Lipinski definition) is 2. The molecule has 0 spiro atoms. The van der Waals surface area contributed by atoms with Gasteiger partial charge in [-0.25, -0.2) is 4.99 Å². The molecule has 0 unspecified atom stereocenters. The molecular weight excluding hydrogens is 491 g/mol. The predicted molar refractivity (Wildman–Crippen MR) is 118 cm³/mol. The lowest BCUT2D eigenvalue weighted by molar-refractivity contribution is 0.643. The highest BCUT2D eigenvalue weighted by Gasteiger charge is 2.45. The van der Waals surface area contributed by atoms with E-state index in [9.17, 15) is 0 Å². The first-order chi connectivity index (χ1) is 11.7. The molecule has 1 saturated carbocycles. The van der Waals surface area contributed by atoms with E-state index in [-0.39, 0.29) is 29.4 Å². The van der Waals surface area contributed by atoms with Crippen molar-refractivity contribution in [1.82, 2.24) is 15.6 Å². The molecule has 0 aliphatic heterocycles. The van der Waals surface area contributed by atoms with Crippen LogP contribution in [0.3, 0.4) is 0 Å². The monoisotopic (exact) mass is 514 g/mol. The van der Waals surface area contributed by atoms with Crippen LogP contribution in [0.5, 0.6) is 0 Å². The third kappa shape index (κ3) is 5.41. The van der Waals surface area contributed by atoms with Gasteiger partial charge in [0.05, 0.1) is 12.2 Å². The van der Waals surface area contributed by atoms with E-state index in [1.54, 1.807) is 6.20 Å². The topological polar surface area (TPSA) is 49.3 Å². The Kier molecular flexibility index (Phi) is 7.68. The van der Waals surface area contributed by atoms with Gasteiger partial charge < -0.3 is 10.6 Å². The van der Waals surface area contributed by atoms with Crippen LogP contribution in [0, 0.1) is 0 Å². The number of hydrogen-bond donors (Lipinski definition) is 2. The fourth-order valence-electron chi connectivity index (χ4n) is 2.83. The highest BCUT2D eigenvalue weighted by molar-refractivity contribution is 14.0. The van der Waals surface area contributed by atoms with E-state index in [4.69, 9.17) is 0 Å². The summed E-state index contributed by atoms with van der Waals surface area (Å²) in [5.41, 5.74) is 2.58.